The molecule has 2 N–H and O–H groups in total. The smallest absolute Gasteiger partial charge is 0.268 e. The van der Waals surface area contributed by atoms with Crippen molar-refractivity contribution in [1.29, 1.82) is 0 Å². The van der Waals surface area contributed by atoms with Gasteiger partial charge in [0.25, 0.3) is 5.91 Å². The van der Waals surface area contributed by atoms with E-state index in [4.69, 9.17) is 0 Å². The van der Waals surface area contributed by atoms with E-state index in [1.165, 1.54) is 29.8 Å². The molecule has 0 aliphatic carbocycles. The molecule has 0 bridgehead atoms. The molecular weight excluding hydrogens is 279 g/mol. The fourth-order valence-corrected chi connectivity index (χ4v) is 2.58. The topological polar surface area (TPSA) is 70.7 Å². The number of nitrogens with zero attached hydrogens (tertiary/aromatic N) is 2. The molecule has 0 fully saturated rings. The first-order chi connectivity index (χ1) is 9.74. The van der Waals surface area contributed by atoms with E-state index in [2.05, 4.69) is 20.5 Å². The molecule has 2 aromatic heterocycles. The average molecular weight is 288 g/mol. The van der Waals surface area contributed by atoms with Crippen LogP contribution in [0, 0.1) is 5.82 Å². The van der Waals surface area contributed by atoms with Crippen LogP contribution in [0.5, 0.6) is 0 Å². The summed E-state index contributed by atoms with van der Waals surface area (Å²) >= 11 is 1.31. The van der Waals surface area contributed by atoms with Gasteiger partial charge in [-0.15, -0.1) is 11.3 Å². The molecule has 0 aliphatic heterocycles. The summed E-state index contributed by atoms with van der Waals surface area (Å²) < 4.78 is 12.9. The van der Waals surface area contributed by atoms with Gasteiger partial charge in [-0.3, -0.25) is 10.1 Å². The lowest BCUT2D eigenvalue weighted by Crippen LogP contribution is -2.12. The third kappa shape index (κ3) is 2.43. The molecule has 3 rings (SSSR count). The molecule has 0 atom stereocenters. The number of amides is 1. The number of anilines is 1. The first-order valence-electron chi connectivity index (χ1n) is 5.74. The number of nitrogens with one attached hydrogen (secondary N) is 2. The number of thiophene rings is 1. The Morgan fingerprint density at radius 1 is 1.25 bits per heavy atom. The highest BCUT2D eigenvalue weighted by molar-refractivity contribution is 7.12. The van der Waals surface area contributed by atoms with E-state index in [1.54, 1.807) is 12.1 Å². The Labute approximate surface area is 117 Å². The minimum atomic E-state index is -0.309. The fourth-order valence-electron chi connectivity index (χ4n) is 1.77. The second-order valence-corrected chi connectivity index (χ2v) is 4.87. The van der Waals surface area contributed by atoms with Crippen LogP contribution in [0.3, 0.4) is 0 Å². The lowest BCUT2D eigenvalue weighted by molar-refractivity contribution is 0.103. The number of hydrogen-bond acceptors (Lipinski definition) is 4. The van der Waals surface area contributed by atoms with Crippen LogP contribution in [0.15, 0.2) is 42.0 Å². The number of carbonyl (C=O) groups is 1. The maximum atomic E-state index is 12.9. The second-order valence-electron chi connectivity index (χ2n) is 3.96. The van der Waals surface area contributed by atoms with Gasteiger partial charge in [0.05, 0.1) is 0 Å². The van der Waals surface area contributed by atoms with Gasteiger partial charge in [0.1, 0.15) is 17.0 Å². The van der Waals surface area contributed by atoms with E-state index in [0.717, 1.165) is 11.1 Å². The molecule has 3 aromatic rings. The number of H-pyrrole nitrogens is 1. The number of aromatic amines is 1. The third-order valence-corrected chi connectivity index (χ3v) is 3.59. The Balaban J connectivity index is 1.90. The Morgan fingerprint density at radius 3 is 2.75 bits per heavy atom. The number of rotatable bonds is 3. The van der Waals surface area contributed by atoms with Gasteiger partial charge in [0.2, 0.25) is 5.95 Å². The molecule has 0 aliphatic rings. The lowest BCUT2D eigenvalue weighted by Gasteiger charge is -2.04. The van der Waals surface area contributed by atoms with Crippen LogP contribution in [-0.4, -0.2) is 21.1 Å². The van der Waals surface area contributed by atoms with Crippen molar-refractivity contribution < 1.29 is 9.18 Å². The van der Waals surface area contributed by atoms with Crippen molar-refractivity contribution in [1.82, 2.24) is 15.2 Å². The van der Waals surface area contributed by atoms with Crippen molar-refractivity contribution in [2.24, 2.45) is 0 Å². The van der Waals surface area contributed by atoms with Crippen molar-refractivity contribution in [2.75, 3.05) is 5.32 Å². The molecule has 0 unspecified atom stereocenters. The monoisotopic (exact) mass is 288 g/mol. The Hall–Kier alpha value is -2.54. The predicted molar refractivity (Wildman–Crippen MR) is 74.0 cm³/mol. The van der Waals surface area contributed by atoms with Crippen LogP contribution in [-0.2, 0) is 0 Å². The van der Waals surface area contributed by atoms with E-state index in [-0.39, 0.29) is 17.7 Å². The Kier molecular flexibility index (Phi) is 3.26. The van der Waals surface area contributed by atoms with Gasteiger partial charge in [-0.25, -0.2) is 9.49 Å². The van der Waals surface area contributed by atoms with Gasteiger partial charge >= 0.3 is 0 Å². The number of carbonyl (C=O) groups excluding carboxylic acids is 1. The molecule has 1 amide bonds. The molecule has 0 saturated carbocycles. The summed E-state index contributed by atoms with van der Waals surface area (Å²) in [6.45, 7) is 0. The first-order valence-corrected chi connectivity index (χ1v) is 6.62. The van der Waals surface area contributed by atoms with Gasteiger partial charge in [0.15, 0.2) is 0 Å². The van der Waals surface area contributed by atoms with E-state index in [1.807, 2.05) is 11.4 Å². The van der Waals surface area contributed by atoms with Gasteiger partial charge in [-0.1, -0.05) is 12.1 Å². The van der Waals surface area contributed by atoms with Gasteiger partial charge < -0.3 is 0 Å². The molecule has 100 valence electrons. The zero-order valence-corrected chi connectivity index (χ0v) is 10.9. The highest BCUT2D eigenvalue weighted by Gasteiger charge is 2.15. The van der Waals surface area contributed by atoms with Crippen molar-refractivity contribution in [2.45, 2.75) is 0 Å². The largest absolute Gasteiger partial charge is 0.290 e. The molecule has 20 heavy (non-hydrogen) atoms. The van der Waals surface area contributed by atoms with Gasteiger partial charge in [-0.2, -0.15) is 10.1 Å². The minimum Gasteiger partial charge on any atom is -0.290 e. The van der Waals surface area contributed by atoms with Crippen LogP contribution in [0.25, 0.3) is 11.1 Å². The summed E-state index contributed by atoms with van der Waals surface area (Å²) in [6, 6.07) is 7.84. The van der Waals surface area contributed by atoms with Crippen LogP contribution in [0.1, 0.15) is 9.67 Å². The zero-order chi connectivity index (χ0) is 13.9. The van der Waals surface area contributed by atoms with Crippen molar-refractivity contribution in [3.63, 3.8) is 0 Å². The Bertz CT molecular complexity index is 721. The van der Waals surface area contributed by atoms with Crippen molar-refractivity contribution >= 4 is 23.2 Å². The summed E-state index contributed by atoms with van der Waals surface area (Å²) in [7, 11) is 0. The highest BCUT2D eigenvalue weighted by atomic mass is 32.1. The standard InChI is InChI=1S/C13H9FN4OS/c14-9-3-1-8(2-4-9)10-5-6-20-11(10)12(19)17-13-15-7-16-18-13/h1-7H,(H2,15,16,17,18,19). The quantitative estimate of drug-likeness (QED) is 0.778. The molecular formula is C13H9FN4OS. The van der Waals surface area contributed by atoms with Crippen LogP contribution >= 0.6 is 11.3 Å². The van der Waals surface area contributed by atoms with Crippen LogP contribution in [0.2, 0.25) is 0 Å². The normalized spacial score (nSPS) is 10.4. The molecule has 1 aromatic carbocycles. The number of aromatic nitrogens is 3. The van der Waals surface area contributed by atoms with E-state index >= 15 is 0 Å². The maximum Gasteiger partial charge on any atom is 0.268 e. The van der Waals surface area contributed by atoms with Crippen molar-refractivity contribution in [3.05, 3.63) is 52.7 Å². The predicted octanol–water partition coefficient (Wildman–Crippen LogP) is 2.92. The summed E-state index contributed by atoms with van der Waals surface area (Å²) in [5.74, 6) is -0.304. The molecule has 7 heteroatoms. The summed E-state index contributed by atoms with van der Waals surface area (Å²) in [5.41, 5.74) is 1.54. The van der Waals surface area contributed by atoms with E-state index in [9.17, 15) is 9.18 Å². The van der Waals surface area contributed by atoms with Gasteiger partial charge in [-0.05, 0) is 29.1 Å². The molecule has 2 heterocycles. The zero-order valence-electron chi connectivity index (χ0n) is 10.1. The number of halogens is 1. The first kappa shape index (κ1) is 12.5. The Morgan fingerprint density at radius 2 is 2.05 bits per heavy atom. The maximum absolute atomic E-state index is 12.9. The lowest BCUT2D eigenvalue weighted by atomic mass is 10.1. The van der Waals surface area contributed by atoms with E-state index in [0.29, 0.717) is 4.88 Å². The minimum absolute atomic E-state index is 0.281. The molecule has 0 radical (unpaired) electrons. The third-order valence-electron chi connectivity index (χ3n) is 2.67. The van der Waals surface area contributed by atoms with Crippen molar-refractivity contribution in [3.8, 4) is 11.1 Å². The molecule has 0 saturated heterocycles. The second kappa shape index (κ2) is 5.22. The highest BCUT2D eigenvalue weighted by Crippen LogP contribution is 2.28. The average Bonchev–Trinajstić information content (AvgIpc) is 3.10. The SMILES string of the molecule is O=C(Nc1ncn[nH]1)c1sccc1-c1ccc(F)cc1. The van der Waals surface area contributed by atoms with E-state index < -0.39 is 0 Å². The molecule has 5 nitrogen and oxygen atoms in total. The summed E-state index contributed by atoms with van der Waals surface area (Å²) in [4.78, 5) is 16.5. The molecule has 0 spiro atoms. The van der Waals surface area contributed by atoms with Crippen LogP contribution < -0.4 is 5.32 Å². The van der Waals surface area contributed by atoms with Gasteiger partial charge in [0, 0.05) is 5.56 Å². The number of hydrogen-bond donors (Lipinski definition) is 2. The fraction of sp³-hybridized carbons (Fsp3) is 0. The van der Waals surface area contributed by atoms with Crippen LogP contribution in [0.4, 0.5) is 10.3 Å². The summed E-state index contributed by atoms with van der Waals surface area (Å²) in [5, 5.41) is 10.6. The number of benzene rings is 1. The summed E-state index contributed by atoms with van der Waals surface area (Å²) in [6.07, 6.45) is 1.31.